The SMILES string of the molecule is CCOC1=CC(c2ccc(NC(=O)Nc3cc(C(F)(F)F)c(F)cc3OCC)c(F)c2)=CNC1O. The summed E-state index contributed by atoms with van der Waals surface area (Å²) in [5.74, 6) is -2.47. The van der Waals surface area contributed by atoms with Crippen LogP contribution >= 0.6 is 0 Å². The smallest absolute Gasteiger partial charge is 0.419 e. The van der Waals surface area contributed by atoms with Crippen LogP contribution < -0.4 is 20.7 Å². The van der Waals surface area contributed by atoms with Gasteiger partial charge in [0, 0.05) is 17.8 Å². The van der Waals surface area contributed by atoms with Gasteiger partial charge in [-0.15, -0.1) is 0 Å². The minimum Gasteiger partial charge on any atom is -0.493 e. The predicted octanol–water partition coefficient (Wildman–Crippen LogP) is 5.21. The molecule has 0 radical (unpaired) electrons. The van der Waals surface area contributed by atoms with E-state index in [0.29, 0.717) is 29.9 Å². The molecule has 2 aromatic carbocycles. The molecular weight excluding hydrogens is 477 g/mol. The van der Waals surface area contributed by atoms with E-state index >= 15 is 0 Å². The quantitative estimate of drug-likeness (QED) is 0.393. The van der Waals surface area contributed by atoms with Gasteiger partial charge in [0.05, 0.1) is 30.2 Å². The molecule has 3 rings (SSSR count). The van der Waals surface area contributed by atoms with Gasteiger partial charge in [-0.2, -0.15) is 13.2 Å². The number of urea groups is 1. The minimum atomic E-state index is -5.00. The van der Waals surface area contributed by atoms with E-state index in [-0.39, 0.29) is 23.8 Å². The summed E-state index contributed by atoms with van der Waals surface area (Å²) in [6.45, 7) is 3.58. The molecule has 0 bridgehead atoms. The van der Waals surface area contributed by atoms with Crippen LogP contribution in [0.4, 0.5) is 38.1 Å². The molecule has 2 amide bonds. The molecule has 1 aliphatic rings. The molecule has 1 aliphatic heterocycles. The van der Waals surface area contributed by atoms with Crippen molar-refractivity contribution in [3.8, 4) is 5.75 Å². The first-order chi connectivity index (χ1) is 16.5. The third-order valence-corrected chi connectivity index (χ3v) is 4.75. The molecule has 4 N–H and O–H groups in total. The first-order valence-electron chi connectivity index (χ1n) is 10.4. The van der Waals surface area contributed by atoms with Gasteiger partial charge in [-0.25, -0.2) is 13.6 Å². The number of alkyl halides is 3. The molecule has 7 nitrogen and oxygen atoms in total. The third kappa shape index (κ3) is 6.21. The highest BCUT2D eigenvalue weighted by atomic mass is 19.4. The van der Waals surface area contributed by atoms with Crippen molar-refractivity contribution >= 4 is 23.0 Å². The number of dihydropyridines is 1. The van der Waals surface area contributed by atoms with E-state index in [1.54, 1.807) is 6.92 Å². The summed E-state index contributed by atoms with van der Waals surface area (Å²) < 4.78 is 78.2. The van der Waals surface area contributed by atoms with Crippen LogP contribution in [0, 0.1) is 11.6 Å². The maximum absolute atomic E-state index is 14.7. The zero-order chi connectivity index (χ0) is 25.8. The van der Waals surface area contributed by atoms with Crippen LogP contribution in [0.1, 0.15) is 25.0 Å². The number of rotatable bonds is 7. The van der Waals surface area contributed by atoms with Crippen molar-refractivity contribution in [2.75, 3.05) is 23.8 Å². The molecule has 35 heavy (non-hydrogen) atoms. The van der Waals surface area contributed by atoms with Gasteiger partial charge in [-0.3, -0.25) is 0 Å². The lowest BCUT2D eigenvalue weighted by Gasteiger charge is -2.21. The number of benzene rings is 2. The fraction of sp³-hybridized carbons (Fsp3) is 0.261. The largest absolute Gasteiger partial charge is 0.493 e. The van der Waals surface area contributed by atoms with Crippen LogP contribution in [0.25, 0.3) is 5.57 Å². The molecule has 0 aliphatic carbocycles. The van der Waals surface area contributed by atoms with Crippen LogP contribution in [-0.4, -0.2) is 30.6 Å². The van der Waals surface area contributed by atoms with Gasteiger partial charge in [-0.1, -0.05) is 6.07 Å². The van der Waals surface area contributed by atoms with E-state index in [0.717, 1.165) is 6.07 Å². The fourth-order valence-electron chi connectivity index (χ4n) is 3.20. The zero-order valence-corrected chi connectivity index (χ0v) is 18.6. The Morgan fingerprint density at radius 3 is 2.34 bits per heavy atom. The highest BCUT2D eigenvalue weighted by molar-refractivity contribution is 6.01. The first-order valence-corrected chi connectivity index (χ1v) is 10.4. The average molecular weight is 499 g/mol. The number of carbonyl (C=O) groups excluding carboxylic acids is 1. The lowest BCUT2D eigenvalue weighted by molar-refractivity contribution is -0.139. The summed E-state index contributed by atoms with van der Waals surface area (Å²) in [7, 11) is 0. The van der Waals surface area contributed by atoms with E-state index < -0.39 is 41.3 Å². The number of ether oxygens (including phenoxy) is 2. The van der Waals surface area contributed by atoms with Gasteiger partial charge >= 0.3 is 12.2 Å². The van der Waals surface area contributed by atoms with Gasteiger partial charge in [0.15, 0.2) is 6.23 Å². The van der Waals surface area contributed by atoms with Crippen LogP contribution in [0.5, 0.6) is 5.75 Å². The van der Waals surface area contributed by atoms with Crippen molar-refractivity contribution in [1.82, 2.24) is 5.32 Å². The second kappa shape index (κ2) is 10.6. The van der Waals surface area contributed by atoms with Crippen molar-refractivity contribution in [2.24, 2.45) is 0 Å². The molecule has 12 heteroatoms. The fourth-order valence-corrected chi connectivity index (χ4v) is 3.20. The zero-order valence-electron chi connectivity index (χ0n) is 18.6. The highest BCUT2D eigenvalue weighted by Gasteiger charge is 2.35. The number of carbonyl (C=O) groups is 1. The minimum absolute atomic E-state index is 0.00160. The van der Waals surface area contributed by atoms with Crippen molar-refractivity contribution in [2.45, 2.75) is 26.3 Å². The second-order valence-electron chi connectivity index (χ2n) is 7.18. The predicted molar refractivity (Wildman–Crippen MR) is 118 cm³/mol. The van der Waals surface area contributed by atoms with Gasteiger partial charge < -0.3 is 30.5 Å². The Bertz CT molecular complexity index is 1160. The molecule has 0 spiro atoms. The standard InChI is InChI=1S/C23H22F5N3O4/c1-3-34-19-10-15(24)14(23(26,27)28)9-18(19)31-22(33)30-17-6-5-12(7-16(17)25)13-8-20(35-4-2)21(32)29-11-13/h5-11,21,29,32H,3-4H2,1-2H3,(H2,30,31,33). The summed E-state index contributed by atoms with van der Waals surface area (Å²) in [6.07, 6.45) is -3.05. The van der Waals surface area contributed by atoms with Crippen molar-refractivity contribution in [3.63, 3.8) is 0 Å². The maximum Gasteiger partial charge on any atom is 0.419 e. The van der Waals surface area contributed by atoms with Gasteiger partial charge in [-0.05, 0) is 43.7 Å². The third-order valence-electron chi connectivity index (χ3n) is 4.75. The van der Waals surface area contributed by atoms with Gasteiger partial charge in [0.1, 0.15) is 23.1 Å². The summed E-state index contributed by atoms with van der Waals surface area (Å²) in [4.78, 5) is 12.4. The van der Waals surface area contributed by atoms with E-state index in [9.17, 15) is 31.9 Å². The van der Waals surface area contributed by atoms with Gasteiger partial charge in [0.2, 0.25) is 0 Å². The summed E-state index contributed by atoms with van der Waals surface area (Å²) in [5.41, 5.74) is -1.40. The molecule has 1 unspecified atom stereocenters. The Kier molecular flexibility index (Phi) is 7.85. The Labute approximate surface area is 197 Å². The van der Waals surface area contributed by atoms with Crippen LogP contribution in [-0.2, 0) is 10.9 Å². The number of hydrogen-bond acceptors (Lipinski definition) is 5. The van der Waals surface area contributed by atoms with Crippen molar-refractivity contribution < 1.29 is 41.3 Å². The number of nitrogens with one attached hydrogen (secondary N) is 3. The molecule has 1 heterocycles. The van der Waals surface area contributed by atoms with Gasteiger partial charge in [0.25, 0.3) is 0 Å². The normalized spacial score (nSPS) is 15.5. The topological polar surface area (TPSA) is 91.9 Å². The van der Waals surface area contributed by atoms with E-state index in [2.05, 4.69) is 16.0 Å². The van der Waals surface area contributed by atoms with Crippen LogP contribution in [0.15, 0.2) is 48.4 Å². The molecule has 0 aromatic heterocycles. The molecule has 0 saturated heterocycles. The van der Waals surface area contributed by atoms with E-state index in [1.807, 2.05) is 0 Å². The Hall–Kier alpha value is -3.80. The second-order valence-corrected chi connectivity index (χ2v) is 7.18. The highest BCUT2D eigenvalue weighted by Crippen LogP contribution is 2.37. The number of halogens is 5. The Balaban J connectivity index is 1.79. The van der Waals surface area contributed by atoms with E-state index in [1.165, 1.54) is 31.3 Å². The first kappa shape index (κ1) is 25.8. The van der Waals surface area contributed by atoms with Crippen LogP contribution in [0.3, 0.4) is 0 Å². The monoisotopic (exact) mass is 499 g/mol. The average Bonchev–Trinajstić information content (AvgIpc) is 2.78. The lowest BCUT2D eigenvalue weighted by atomic mass is 10.0. The number of aliphatic hydroxyl groups is 1. The maximum atomic E-state index is 14.7. The van der Waals surface area contributed by atoms with Crippen LogP contribution in [0.2, 0.25) is 0 Å². The summed E-state index contributed by atoms with van der Waals surface area (Å²) >= 11 is 0. The lowest BCUT2D eigenvalue weighted by Crippen LogP contribution is -2.30. The number of amides is 2. The molecular formula is C23H22F5N3O4. The van der Waals surface area contributed by atoms with Crippen molar-refractivity contribution in [3.05, 3.63) is 71.1 Å². The molecule has 0 saturated carbocycles. The summed E-state index contributed by atoms with van der Waals surface area (Å²) in [6, 6.07) is 3.70. The molecule has 2 aromatic rings. The number of aliphatic hydroxyl groups excluding tert-OH is 1. The van der Waals surface area contributed by atoms with Crippen molar-refractivity contribution in [1.29, 1.82) is 0 Å². The van der Waals surface area contributed by atoms with E-state index in [4.69, 9.17) is 9.47 Å². The molecule has 188 valence electrons. The Morgan fingerprint density at radius 2 is 1.71 bits per heavy atom. The summed E-state index contributed by atoms with van der Waals surface area (Å²) in [5, 5.41) is 16.8. The Morgan fingerprint density at radius 1 is 1.03 bits per heavy atom. The number of allylic oxidation sites excluding steroid dienone is 2. The number of anilines is 2. The number of hydrogen-bond donors (Lipinski definition) is 4. The molecule has 1 atom stereocenters. The molecule has 0 fully saturated rings.